The molecule has 100 valence electrons. The van der Waals surface area contributed by atoms with Gasteiger partial charge in [-0.15, -0.1) is 0 Å². The second-order valence-corrected chi connectivity index (χ2v) is 5.33. The largest absolute Gasteiger partial charge is 0.396 e. The van der Waals surface area contributed by atoms with Gasteiger partial charge in [0.25, 0.3) is 0 Å². The number of para-hydroxylation sites is 1. The van der Waals surface area contributed by atoms with Crippen LogP contribution in [0.25, 0.3) is 0 Å². The highest BCUT2D eigenvalue weighted by Gasteiger charge is 2.25. The molecule has 1 fully saturated rings. The summed E-state index contributed by atoms with van der Waals surface area (Å²) in [6.45, 7) is 7.80. The number of piperazine rings is 1. The number of hydrogen-bond donors (Lipinski definition) is 1. The highest BCUT2D eigenvalue weighted by molar-refractivity contribution is 5.59. The van der Waals surface area contributed by atoms with Crippen LogP contribution in [0.5, 0.6) is 0 Å². The standard InChI is InChI=1S/C15H24N2O/c1-12-5-4-6-13(2)15(12)17-9-8-16(3)14(11-17)7-10-18/h4-6,14,18H,7-11H2,1-3H3. The lowest BCUT2D eigenvalue weighted by atomic mass is 10.0. The fourth-order valence-corrected chi connectivity index (χ4v) is 2.91. The quantitative estimate of drug-likeness (QED) is 0.883. The average molecular weight is 248 g/mol. The van der Waals surface area contributed by atoms with E-state index in [1.54, 1.807) is 0 Å². The molecular weight excluding hydrogens is 224 g/mol. The van der Waals surface area contributed by atoms with Crippen molar-refractivity contribution in [1.82, 2.24) is 4.90 Å². The minimum atomic E-state index is 0.273. The van der Waals surface area contributed by atoms with E-state index in [4.69, 9.17) is 5.11 Å². The van der Waals surface area contributed by atoms with E-state index in [2.05, 4.69) is 48.9 Å². The number of aliphatic hydroxyl groups excluding tert-OH is 1. The molecule has 1 N–H and O–H groups in total. The van der Waals surface area contributed by atoms with Gasteiger partial charge in [0.05, 0.1) is 0 Å². The van der Waals surface area contributed by atoms with E-state index < -0.39 is 0 Å². The van der Waals surface area contributed by atoms with E-state index >= 15 is 0 Å². The molecule has 1 aromatic rings. The maximum Gasteiger partial charge on any atom is 0.0446 e. The molecule has 1 aliphatic rings. The first kappa shape index (κ1) is 13.4. The molecule has 0 aromatic heterocycles. The summed E-state index contributed by atoms with van der Waals surface area (Å²) >= 11 is 0. The van der Waals surface area contributed by atoms with Crippen molar-refractivity contribution in [2.45, 2.75) is 26.3 Å². The molecule has 0 saturated carbocycles. The van der Waals surface area contributed by atoms with Crippen molar-refractivity contribution in [1.29, 1.82) is 0 Å². The Hall–Kier alpha value is -1.06. The molecular formula is C15H24N2O. The molecule has 0 spiro atoms. The minimum Gasteiger partial charge on any atom is -0.396 e. The molecule has 1 saturated heterocycles. The van der Waals surface area contributed by atoms with Gasteiger partial charge in [0, 0.05) is 38.0 Å². The first-order chi connectivity index (χ1) is 8.63. The Balaban J connectivity index is 2.19. The second-order valence-electron chi connectivity index (χ2n) is 5.33. The second kappa shape index (κ2) is 5.72. The van der Waals surface area contributed by atoms with Crippen LogP contribution in [0, 0.1) is 13.8 Å². The first-order valence-electron chi connectivity index (χ1n) is 6.75. The zero-order chi connectivity index (χ0) is 13.1. The van der Waals surface area contributed by atoms with Gasteiger partial charge in [0.1, 0.15) is 0 Å². The lowest BCUT2D eigenvalue weighted by Gasteiger charge is -2.41. The molecule has 1 atom stereocenters. The van der Waals surface area contributed by atoms with Crippen molar-refractivity contribution in [2.24, 2.45) is 0 Å². The lowest BCUT2D eigenvalue weighted by Crippen LogP contribution is -2.52. The summed E-state index contributed by atoms with van der Waals surface area (Å²) < 4.78 is 0. The number of rotatable bonds is 3. The van der Waals surface area contributed by atoms with Crippen molar-refractivity contribution in [3.8, 4) is 0 Å². The molecule has 1 aromatic carbocycles. The van der Waals surface area contributed by atoms with Crippen molar-refractivity contribution < 1.29 is 5.11 Å². The number of nitrogens with zero attached hydrogens (tertiary/aromatic N) is 2. The van der Waals surface area contributed by atoms with Crippen LogP contribution in [0.2, 0.25) is 0 Å². The van der Waals surface area contributed by atoms with Crippen LogP contribution >= 0.6 is 0 Å². The van der Waals surface area contributed by atoms with Crippen molar-refractivity contribution >= 4 is 5.69 Å². The highest BCUT2D eigenvalue weighted by atomic mass is 16.3. The molecule has 1 unspecified atom stereocenters. The van der Waals surface area contributed by atoms with Crippen LogP contribution in [0.1, 0.15) is 17.5 Å². The van der Waals surface area contributed by atoms with Gasteiger partial charge in [-0.05, 0) is 38.4 Å². The van der Waals surface area contributed by atoms with Crippen LogP contribution in [0.3, 0.4) is 0 Å². The Kier molecular flexibility index (Phi) is 4.25. The van der Waals surface area contributed by atoms with Crippen LogP contribution in [0.4, 0.5) is 5.69 Å². The molecule has 0 amide bonds. The molecule has 1 heterocycles. The summed E-state index contributed by atoms with van der Waals surface area (Å²) in [6, 6.07) is 6.95. The third kappa shape index (κ3) is 2.68. The van der Waals surface area contributed by atoms with Gasteiger partial charge in [0.15, 0.2) is 0 Å². The summed E-state index contributed by atoms with van der Waals surface area (Å²) in [4.78, 5) is 4.84. The molecule has 3 nitrogen and oxygen atoms in total. The Bertz CT molecular complexity index is 385. The van der Waals surface area contributed by atoms with E-state index in [0.717, 1.165) is 26.1 Å². The van der Waals surface area contributed by atoms with E-state index in [1.165, 1.54) is 16.8 Å². The van der Waals surface area contributed by atoms with Gasteiger partial charge in [-0.1, -0.05) is 18.2 Å². The zero-order valence-corrected chi connectivity index (χ0v) is 11.7. The monoisotopic (exact) mass is 248 g/mol. The van der Waals surface area contributed by atoms with Gasteiger partial charge >= 0.3 is 0 Å². The number of benzene rings is 1. The fraction of sp³-hybridized carbons (Fsp3) is 0.600. The van der Waals surface area contributed by atoms with Gasteiger partial charge in [-0.2, -0.15) is 0 Å². The van der Waals surface area contributed by atoms with Gasteiger partial charge in [0.2, 0.25) is 0 Å². The third-order valence-electron chi connectivity index (χ3n) is 4.00. The van der Waals surface area contributed by atoms with Gasteiger partial charge in [-0.25, -0.2) is 0 Å². The highest BCUT2D eigenvalue weighted by Crippen LogP contribution is 2.27. The molecule has 18 heavy (non-hydrogen) atoms. The molecule has 1 aliphatic heterocycles. The molecule has 0 radical (unpaired) electrons. The Labute approximate surface area is 110 Å². The Morgan fingerprint density at radius 3 is 2.50 bits per heavy atom. The van der Waals surface area contributed by atoms with E-state index in [-0.39, 0.29) is 6.61 Å². The van der Waals surface area contributed by atoms with E-state index in [0.29, 0.717) is 6.04 Å². The molecule has 0 aliphatic carbocycles. The molecule has 0 bridgehead atoms. The number of aliphatic hydroxyl groups is 1. The predicted molar refractivity (Wildman–Crippen MR) is 76.2 cm³/mol. The van der Waals surface area contributed by atoms with Crippen LogP contribution in [-0.4, -0.2) is 49.3 Å². The third-order valence-corrected chi connectivity index (χ3v) is 4.00. The smallest absolute Gasteiger partial charge is 0.0446 e. The topological polar surface area (TPSA) is 26.7 Å². The zero-order valence-electron chi connectivity index (χ0n) is 11.7. The SMILES string of the molecule is Cc1cccc(C)c1N1CCN(C)C(CCO)C1. The average Bonchev–Trinajstić information content (AvgIpc) is 2.33. The number of aryl methyl sites for hydroxylation is 2. The predicted octanol–water partition coefficient (Wildman–Crippen LogP) is 1.81. The fourth-order valence-electron chi connectivity index (χ4n) is 2.91. The van der Waals surface area contributed by atoms with Gasteiger partial charge < -0.3 is 10.0 Å². The van der Waals surface area contributed by atoms with Crippen molar-refractivity contribution in [3.05, 3.63) is 29.3 Å². The summed E-state index contributed by atoms with van der Waals surface area (Å²) in [6.07, 6.45) is 0.859. The Morgan fingerprint density at radius 2 is 1.89 bits per heavy atom. The van der Waals surface area contributed by atoms with Crippen molar-refractivity contribution in [3.63, 3.8) is 0 Å². The van der Waals surface area contributed by atoms with Gasteiger partial charge in [-0.3, -0.25) is 4.90 Å². The number of likely N-dealkylation sites (N-methyl/N-ethyl adjacent to an activating group) is 1. The number of hydrogen-bond acceptors (Lipinski definition) is 3. The maximum atomic E-state index is 9.16. The van der Waals surface area contributed by atoms with Crippen LogP contribution < -0.4 is 4.90 Å². The number of anilines is 1. The van der Waals surface area contributed by atoms with Crippen LogP contribution in [0.15, 0.2) is 18.2 Å². The molecule has 3 heteroatoms. The summed E-state index contributed by atoms with van der Waals surface area (Å²) in [5.41, 5.74) is 4.08. The first-order valence-corrected chi connectivity index (χ1v) is 6.75. The van der Waals surface area contributed by atoms with Crippen molar-refractivity contribution in [2.75, 3.05) is 38.2 Å². The maximum absolute atomic E-state index is 9.16. The normalized spacial score (nSPS) is 21.3. The Morgan fingerprint density at radius 1 is 1.22 bits per heavy atom. The summed E-state index contributed by atoms with van der Waals surface area (Å²) in [5, 5.41) is 9.16. The summed E-state index contributed by atoms with van der Waals surface area (Å²) in [7, 11) is 2.16. The lowest BCUT2D eigenvalue weighted by molar-refractivity contribution is 0.171. The van der Waals surface area contributed by atoms with E-state index in [1.807, 2.05) is 0 Å². The van der Waals surface area contributed by atoms with Crippen LogP contribution in [-0.2, 0) is 0 Å². The van der Waals surface area contributed by atoms with E-state index in [9.17, 15) is 0 Å². The summed E-state index contributed by atoms with van der Waals surface area (Å²) in [5.74, 6) is 0. The molecule has 2 rings (SSSR count). The minimum absolute atomic E-state index is 0.273.